The van der Waals surface area contributed by atoms with Gasteiger partial charge in [-0.15, -0.1) is 0 Å². The van der Waals surface area contributed by atoms with Gasteiger partial charge in [-0.25, -0.2) is 13.1 Å². The van der Waals surface area contributed by atoms with Gasteiger partial charge in [-0.3, -0.25) is 4.98 Å². The molecule has 1 fully saturated rings. The molecule has 1 aliphatic heterocycles. The van der Waals surface area contributed by atoms with E-state index in [0.717, 1.165) is 48.6 Å². The van der Waals surface area contributed by atoms with E-state index in [9.17, 15) is 8.42 Å². The molecule has 178 valence electrons. The summed E-state index contributed by atoms with van der Waals surface area (Å²) >= 11 is 0. The minimum absolute atomic E-state index is 0.268. The molecule has 1 aromatic heterocycles. The average Bonchev–Trinajstić information content (AvgIpc) is 2.87. The molecule has 6 nitrogen and oxygen atoms in total. The summed E-state index contributed by atoms with van der Waals surface area (Å²) in [6.07, 6.45) is 12.2. The first-order valence-electron chi connectivity index (χ1n) is 11.9. The summed E-state index contributed by atoms with van der Waals surface area (Å²) in [6.45, 7) is 3.64. The van der Waals surface area contributed by atoms with Crippen molar-refractivity contribution >= 4 is 33.6 Å². The van der Waals surface area contributed by atoms with E-state index in [2.05, 4.69) is 19.9 Å². The van der Waals surface area contributed by atoms with Gasteiger partial charge < -0.3 is 10.2 Å². The van der Waals surface area contributed by atoms with Crippen LogP contribution in [0.25, 0.3) is 12.2 Å². The predicted octanol–water partition coefficient (Wildman–Crippen LogP) is 5.15. The monoisotopic (exact) mass is 476 g/mol. The van der Waals surface area contributed by atoms with Crippen LogP contribution in [0.1, 0.15) is 36.8 Å². The first kappa shape index (κ1) is 24.1. The van der Waals surface area contributed by atoms with Gasteiger partial charge in [0.2, 0.25) is 10.0 Å². The lowest BCUT2D eigenvalue weighted by molar-refractivity contribution is 0.227. The fraction of sp³-hybridized carbons (Fsp3) is 0.296. The van der Waals surface area contributed by atoms with Crippen LogP contribution >= 0.6 is 0 Å². The standard InChI is InChI=1S/C27H32N4O2S/c32-34(33,29-15-6-20-31-18-2-1-3-19-31)27-10-5-9-26(22-27)30-25-8-4-7-24(21-25)12-11-23-13-16-28-17-14-23/h4-5,7-14,16-17,21-22,29-30H,1-3,6,15,18-20H2/b12-11+. The molecule has 3 aromatic rings. The van der Waals surface area contributed by atoms with Gasteiger partial charge in [0.05, 0.1) is 4.90 Å². The maximum absolute atomic E-state index is 12.8. The molecule has 7 heteroatoms. The van der Waals surface area contributed by atoms with Gasteiger partial charge >= 0.3 is 0 Å². The molecule has 0 aliphatic carbocycles. The largest absolute Gasteiger partial charge is 0.355 e. The van der Waals surface area contributed by atoms with Gasteiger partial charge in [0.1, 0.15) is 0 Å². The minimum Gasteiger partial charge on any atom is -0.355 e. The Morgan fingerprint density at radius 2 is 1.56 bits per heavy atom. The summed E-state index contributed by atoms with van der Waals surface area (Å²) in [5, 5.41) is 3.32. The Hall–Kier alpha value is -3.00. The Kier molecular flexibility index (Phi) is 8.46. The van der Waals surface area contributed by atoms with Crippen LogP contribution in [0.15, 0.2) is 78.0 Å². The number of rotatable bonds is 10. The zero-order valence-corrected chi connectivity index (χ0v) is 20.2. The van der Waals surface area contributed by atoms with E-state index in [0.29, 0.717) is 6.54 Å². The summed E-state index contributed by atoms with van der Waals surface area (Å²) in [4.78, 5) is 6.72. The maximum Gasteiger partial charge on any atom is 0.240 e. The topological polar surface area (TPSA) is 74.3 Å². The number of hydrogen-bond acceptors (Lipinski definition) is 5. The second kappa shape index (κ2) is 11.9. The van der Waals surface area contributed by atoms with Gasteiger partial charge in [-0.05, 0) is 92.5 Å². The number of nitrogens with zero attached hydrogens (tertiary/aromatic N) is 2. The van der Waals surface area contributed by atoms with Crippen molar-refractivity contribution in [2.75, 3.05) is 31.5 Å². The Morgan fingerprint density at radius 1 is 0.853 bits per heavy atom. The van der Waals surface area contributed by atoms with Crippen LogP contribution < -0.4 is 10.0 Å². The second-order valence-corrected chi connectivity index (χ2v) is 10.3. The molecule has 4 rings (SSSR count). The van der Waals surface area contributed by atoms with Gasteiger partial charge in [0, 0.05) is 30.3 Å². The van der Waals surface area contributed by atoms with Crippen LogP contribution in [0, 0.1) is 0 Å². The molecule has 0 radical (unpaired) electrons. The van der Waals surface area contributed by atoms with Crippen molar-refractivity contribution in [1.29, 1.82) is 0 Å². The van der Waals surface area contributed by atoms with E-state index in [1.54, 1.807) is 30.6 Å². The number of likely N-dealkylation sites (tertiary alicyclic amines) is 1. The minimum atomic E-state index is -3.55. The molecule has 0 bridgehead atoms. The zero-order valence-electron chi connectivity index (χ0n) is 19.4. The molecule has 0 spiro atoms. The van der Waals surface area contributed by atoms with Crippen molar-refractivity contribution in [3.63, 3.8) is 0 Å². The lowest BCUT2D eigenvalue weighted by atomic mass is 10.1. The molecule has 2 heterocycles. The fourth-order valence-electron chi connectivity index (χ4n) is 4.07. The Bertz CT molecular complexity index is 1190. The quantitative estimate of drug-likeness (QED) is 0.396. The number of hydrogen-bond donors (Lipinski definition) is 2. The Labute approximate surface area is 202 Å². The summed E-state index contributed by atoms with van der Waals surface area (Å²) in [5.41, 5.74) is 3.74. The Balaban J connectivity index is 1.35. The van der Waals surface area contributed by atoms with Crippen LogP contribution in [0.5, 0.6) is 0 Å². The van der Waals surface area contributed by atoms with E-state index in [-0.39, 0.29) is 4.90 Å². The molecule has 0 unspecified atom stereocenters. The number of piperidine rings is 1. The fourth-order valence-corrected chi connectivity index (χ4v) is 5.19. The van der Waals surface area contributed by atoms with Crippen molar-refractivity contribution in [2.45, 2.75) is 30.6 Å². The number of nitrogens with one attached hydrogen (secondary N) is 2. The molecular formula is C27H32N4O2S. The van der Waals surface area contributed by atoms with E-state index in [1.807, 2.05) is 54.6 Å². The number of benzene rings is 2. The lowest BCUT2D eigenvalue weighted by Gasteiger charge is -2.26. The van der Waals surface area contributed by atoms with Gasteiger partial charge in [0.15, 0.2) is 0 Å². The van der Waals surface area contributed by atoms with Crippen molar-refractivity contribution in [1.82, 2.24) is 14.6 Å². The highest BCUT2D eigenvalue weighted by atomic mass is 32.2. The Morgan fingerprint density at radius 3 is 2.35 bits per heavy atom. The van der Waals surface area contributed by atoms with Gasteiger partial charge in [-0.1, -0.05) is 36.8 Å². The van der Waals surface area contributed by atoms with Gasteiger partial charge in [-0.2, -0.15) is 0 Å². The van der Waals surface area contributed by atoms with E-state index in [1.165, 1.54) is 19.3 Å². The third-order valence-corrected chi connectivity index (χ3v) is 7.34. The molecule has 34 heavy (non-hydrogen) atoms. The molecule has 2 N–H and O–H groups in total. The number of pyridine rings is 1. The maximum atomic E-state index is 12.8. The van der Waals surface area contributed by atoms with Crippen molar-refractivity contribution in [3.8, 4) is 0 Å². The molecule has 1 saturated heterocycles. The van der Waals surface area contributed by atoms with Crippen molar-refractivity contribution in [2.24, 2.45) is 0 Å². The number of anilines is 2. The molecule has 0 saturated carbocycles. The van der Waals surface area contributed by atoms with E-state index >= 15 is 0 Å². The first-order chi connectivity index (χ1) is 16.6. The van der Waals surface area contributed by atoms with Crippen molar-refractivity contribution in [3.05, 3.63) is 84.2 Å². The summed E-state index contributed by atoms with van der Waals surface area (Å²) in [6, 6.07) is 18.8. The predicted molar refractivity (Wildman–Crippen MR) is 139 cm³/mol. The number of sulfonamides is 1. The first-order valence-corrected chi connectivity index (χ1v) is 13.3. The average molecular weight is 477 g/mol. The second-order valence-electron chi connectivity index (χ2n) is 8.55. The smallest absolute Gasteiger partial charge is 0.240 e. The molecular weight excluding hydrogens is 444 g/mol. The van der Waals surface area contributed by atoms with Crippen LogP contribution in [0.3, 0.4) is 0 Å². The van der Waals surface area contributed by atoms with Crippen LogP contribution in [-0.2, 0) is 10.0 Å². The third-order valence-electron chi connectivity index (χ3n) is 5.89. The molecule has 1 aliphatic rings. The van der Waals surface area contributed by atoms with E-state index < -0.39 is 10.0 Å². The summed E-state index contributed by atoms with van der Waals surface area (Å²) in [7, 11) is -3.55. The molecule has 0 amide bonds. The SMILES string of the molecule is O=S(=O)(NCCCN1CCCCC1)c1cccc(Nc2cccc(/C=C/c3ccncc3)c2)c1. The van der Waals surface area contributed by atoms with E-state index in [4.69, 9.17) is 0 Å². The number of aromatic nitrogens is 1. The zero-order chi connectivity index (χ0) is 23.6. The normalized spacial score (nSPS) is 14.9. The lowest BCUT2D eigenvalue weighted by Crippen LogP contribution is -2.33. The van der Waals surface area contributed by atoms with Crippen LogP contribution in [0.2, 0.25) is 0 Å². The summed E-state index contributed by atoms with van der Waals surface area (Å²) in [5.74, 6) is 0. The third kappa shape index (κ3) is 7.25. The van der Waals surface area contributed by atoms with Gasteiger partial charge in [0.25, 0.3) is 0 Å². The molecule has 0 atom stereocenters. The van der Waals surface area contributed by atoms with Crippen molar-refractivity contribution < 1.29 is 8.42 Å². The van der Waals surface area contributed by atoms with Crippen LogP contribution in [0.4, 0.5) is 11.4 Å². The molecule has 2 aromatic carbocycles. The highest BCUT2D eigenvalue weighted by molar-refractivity contribution is 7.89. The van der Waals surface area contributed by atoms with Crippen LogP contribution in [-0.4, -0.2) is 44.5 Å². The highest BCUT2D eigenvalue weighted by Gasteiger charge is 2.15. The highest BCUT2D eigenvalue weighted by Crippen LogP contribution is 2.22. The summed E-state index contributed by atoms with van der Waals surface area (Å²) < 4.78 is 28.3.